The SMILES string of the molecule is C.C.C.C.CCOC(=O)c1nnc2n1CCN(Cc1ccc([C@H]3COc4cccnc4O3)cc1)C2.CCOC(=O)c1nnc2n1CCNC2.O=Cc1ccc([C@H]2COc3cccnc3O2)cc1. The predicted octanol–water partition coefficient (Wildman–Crippen LogP) is 6.89. The third-order valence-electron chi connectivity index (χ3n) is 10.3. The maximum absolute atomic E-state index is 12.0. The van der Waals surface area contributed by atoms with Crippen molar-refractivity contribution in [3.63, 3.8) is 0 Å². The van der Waals surface area contributed by atoms with Gasteiger partial charge in [-0.05, 0) is 54.8 Å². The molecule has 67 heavy (non-hydrogen) atoms. The number of esters is 2. The van der Waals surface area contributed by atoms with Crippen LogP contribution in [0.3, 0.4) is 0 Å². The van der Waals surface area contributed by atoms with E-state index < -0.39 is 11.9 Å². The van der Waals surface area contributed by atoms with Gasteiger partial charge in [0.15, 0.2) is 23.7 Å². The summed E-state index contributed by atoms with van der Waals surface area (Å²) in [7, 11) is 0. The molecule has 8 heterocycles. The number of hydrogen-bond donors (Lipinski definition) is 1. The van der Waals surface area contributed by atoms with Gasteiger partial charge in [0.1, 0.15) is 31.1 Å². The van der Waals surface area contributed by atoms with Gasteiger partial charge < -0.3 is 42.9 Å². The van der Waals surface area contributed by atoms with E-state index in [0.717, 1.165) is 55.2 Å². The van der Waals surface area contributed by atoms with Gasteiger partial charge in [-0.25, -0.2) is 19.6 Å². The Kier molecular flexibility index (Phi) is 19.4. The lowest BCUT2D eigenvalue weighted by atomic mass is 10.1. The second-order valence-corrected chi connectivity index (χ2v) is 14.5. The van der Waals surface area contributed by atoms with Crippen molar-refractivity contribution in [1.29, 1.82) is 0 Å². The van der Waals surface area contributed by atoms with Crippen molar-refractivity contribution < 1.29 is 42.8 Å². The number of nitrogens with zero attached hydrogens (tertiary/aromatic N) is 9. The number of ether oxygens (including phenoxy) is 6. The molecular weight excluding hydrogens is 861 g/mol. The fraction of sp³-hybridized carbons (Fsp3) is 0.396. The summed E-state index contributed by atoms with van der Waals surface area (Å²) in [6, 6.07) is 22.9. The second-order valence-electron chi connectivity index (χ2n) is 14.5. The van der Waals surface area contributed by atoms with Crippen LogP contribution in [0.5, 0.6) is 23.3 Å². The summed E-state index contributed by atoms with van der Waals surface area (Å²) in [4.78, 5) is 44.6. The topological polar surface area (TPSA) is 209 Å². The van der Waals surface area contributed by atoms with Crippen LogP contribution in [0.15, 0.2) is 85.2 Å². The van der Waals surface area contributed by atoms with Gasteiger partial charge in [-0.15, -0.1) is 20.4 Å². The Labute approximate surface area is 391 Å². The van der Waals surface area contributed by atoms with Gasteiger partial charge in [0, 0.05) is 50.7 Å². The van der Waals surface area contributed by atoms with E-state index in [1.165, 1.54) is 5.56 Å². The number of hydrogen-bond acceptors (Lipinski definition) is 17. The first-order chi connectivity index (χ1) is 30.9. The van der Waals surface area contributed by atoms with Gasteiger partial charge in [-0.2, -0.15) is 0 Å². The monoisotopic (exact) mass is 922 g/mol. The molecule has 4 aliphatic heterocycles. The number of carbonyl (C=O) groups excluding carboxylic acids is 3. The third-order valence-corrected chi connectivity index (χ3v) is 10.3. The zero-order chi connectivity index (χ0) is 43.5. The molecule has 0 aliphatic carbocycles. The average molecular weight is 923 g/mol. The summed E-state index contributed by atoms with van der Waals surface area (Å²) in [5.41, 5.74) is 3.86. The Morgan fingerprint density at radius 1 is 0.687 bits per heavy atom. The van der Waals surface area contributed by atoms with Gasteiger partial charge in [-0.1, -0.05) is 78.2 Å². The van der Waals surface area contributed by atoms with E-state index in [0.29, 0.717) is 80.7 Å². The van der Waals surface area contributed by atoms with Crippen molar-refractivity contribution in [2.45, 2.75) is 88.5 Å². The highest BCUT2D eigenvalue weighted by molar-refractivity contribution is 5.85. The van der Waals surface area contributed by atoms with Crippen molar-refractivity contribution in [2.24, 2.45) is 0 Å². The van der Waals surface area contributed by atoms with Gasteiger partial charge in [-0.3, -0.25) is 9.69 Å². The number of rotatable bonds is 9. The maximum Gasteiger partial charge on any atom is 0.376 e. The van der Waals surface area contributed by atoms with Gasteiger partial charge in [0.05, 0.1) is 26.3 Å². The minimum Gasteiger partial charge on any atom is -0.484 e. The first-order valence-electron chi connectivity index (χ1n) is 20.6. The molecule has 4 aromatic heterocycles. The first-order valence-corrected chi connectivity index (χ1v) is 20.6. The molecule has 0 unspecified atom stereocenters. The molecule has 0 radical (unpaired) electrons. The summed E-state index contributed by atoms with van der Waals surface area (Å²) >= 11 is 0. The van der Waals surface area contributed by atoms with Crippen LogP contribution in [-0.4, -0.2) is 102 Å². The summed E-state index contributed by atoms with van der Waals surface area (Å²) in [5.74, 6) is 3.73. The normalized spacial score (nSPS) is 16.0. The van der Waals surface area contributed by atoms with Crippen LogP contribution in [0.4, 0.5) is 0 Å². The molecule has 2 atom stereocenters. The van der Waals surface area contributed by atoms with E-state index in [1.54, 1.807) is 49.0 Å². The minimum atomic E-state index is -0.419. The van der Waals surface area contributed by atoms with Crippen molar-refractivity contribution in [2.75, 3.05) is 39.5 Å². The van der Waals surface area contributed by atoms with Crippen molar-refractivity contribution in [1.82, 2.24) is 49.7 Å². The molecule has 10 rings (SSSR count). The first kappa shape index (κ1) is 52.4. The fourth-order valence-corrected chi connectivity index (χ4v) is 7.16. The van der Waals surface area contributed by atoms with E-state index in [9.17, 15) is 14.4 Å². The largest absolute Gasteiger partial charge is 0.484 e. The van der Waals surface area contributed by atoms with Gasteiger partial charge in [0.2, 0.25) is 11.6 Å². The maximum atomic E-state index is 12.0. The number of aldehydes is 1. The lowest BCUT2D eigenvalue weighted by molar-refractivity contribution is 0.0494. The van der Waals surface area contributed by atoms with Crippen LogP contribution in [0.1, 0.15) is 116 Å². The Morgan fingerprint density at radius 3 is 1.75 bits per heavy atom. The fourth-order valence-electron chi connectivity index (χ4n) is 7.16. The molecule has 19 nitrogen and oxygen atoms in total. The standard InChI is InChI=1S/C22H23N5O4.C14H11NO3.C8H12N4O2.4CH4/c1-2-29-22(28)20-25-24-19-13-26(10-11-27(19)20)12-15-5-7-16(8-6-15)18-14-30-17-4-3-9-23-21(17)31-18;16-8-10-3-5-11(6-4-10)13-9-17-12-2-1-7-15-14(12)18-13;1-2-14-8(13)7-11-10-6-5-9-3-4-12(6)7;;;;/h3-9,18H,2,10-14H2,1H3;1-8,13H,9H2;9H,2-5H2,1H3;4*1H4/t18-;13-;;;;;/m11...../s1. The van der Waals surface area contributed by atoms with Crippen LogP contribution in [0.2, 0.25) is 0 Å². The molecule has 4 aliphatic rings. The Hall–Kier alpha value is -7.25. The second kappa shape index (κ2) is 24.9. The van der Waals surface area contributed by atoms with E-state index in [2.05, 4.69) is 64.8 Å². The molecule has 2 aromatic carbocycles. The predicted molar refractivity (Wildman–Crippen MR) is 249 cm³/mol. The number of nitrogens with one attached hydrogen (secondary N) is 1. The highest BCUT2D eigenvalue weighted by Gasteiger charge is 2.27. The van der Waals surface area contributed by atoms with Crippen LogP contribution in [0, 0.1) is 0 Å². The van der Waals surface area contributed by atoms with Gasteiger partial charge in [0.25, 0.3) is 11.8 Å². The quantitative estimate of drug-likeness (QED) is 0.116. The molecule has 0 spiro atoms. The lowest BCUT2D eigenvalue weighted by Gasteiger charge is -2.28. The van der Waals surface area contributed by atoms with Crippen molar-refractivity contribution in [3.05, 3.63) is 131 Å². The molecule has 6 aromatic rings. The zero-order valence-electron chi connectivity index (χ0n) is 34.8. The van der Waals surface area contributed by atoms with E-state index in [1.807, 2.05) is 34.9 Å². The molecule has 19 heteroatoms. The van der Waals surface area contributed by atoms with E-state index >= 15 is 0 Å². The van der Waals surface area contributed by atoms with E-state index in [4.69, 9.17) is 28.4 Å². The molecule has 0 amide bonds. The minimum absolute atomic E-state index is 0. The molecule has 0 fully saturated rings. The summed E-state index contributed by atoms with van der Waals surface area (Å²) < 4.78 is 36.7. The molecule has 358 valence electrons. The molecular formula is C48H62N10O9. The number of benzene rings is 2. The van der Waals surface area contributed by atoms with Gasteiger partial charge >= 0.3 is 11.9 Å². The Balaban J connectivity index is 0.000000233. The summed E-state index contributed by atoms with van der Waals surface area (Å²) in [6.45, 7) is 10.2. The molecule has 0 bridgehead atoms. The van der Waals surface area contributed by atoms with Crippen LogP contribution < -0.4 is 24.3 Å². The summed E-state index contributed by atoms with van der Waals surface area (Å²) in [6.07, 6.45) is 3.82. The van der Waals surface area contributed by atoms with Crippen molar-refractivity contribution >= 4 is 18.2 Å². The molecule has 1 N–H and O–H groups in total. The lowest BCUT2D eigenvalue weighted by Crippen LogP contribution is -2.34. The summed E-state index contributed by atoms with van der Waals surface area (Å²) in [5, 5.41) is 19.1. The average Bonchev–Trinajstić information content (AvgIpc) is 3.97. The van der Waals surface area contributed by atoms with E-state index in [-0.39, 0.29) is 47.7 Å². The van der Waals surface area contributed by atoms with Crippen LogP contribution >= 0.6 is 0 Å². The molecule has 0 saturated heterocycles. The van der Waals surface area contributed by atoms with Crippen LogP contribution in [-0.2, 0) is 42.2 Å². The third kappa shape index (κ3) is 12.6. The highest BCUT2D eigenvalue weighted by atomic mass is 16.6. The smallest absolute Gasteiger partial charge is 0.376 e. The number of fused-ring (bicyclic) bond motifs is 4. The number of pyridine rings is 2. The Bertz CT molecular complexity index is 2510. The zero-order valence-corrected chi connectivity index (χ0v) is 34.8. The number of aromatic nitrogens is 8. The molecule has 0 saturated carbocycles. The van der Waals surface area contributed by atoms with Crippen LogP contribution in [0.25, 0.3) is 0 Å². The highest BCUT2D eigenvalue weighted by Crippen LogP contribution is 2.35. The van der Waals surface area contributed by atoms with Crippen molar-refractivity contribution in [3.8, 4) is 23.3 Å². The Morgan fingerprint density at radius 2 is 1.21 bits per heavy atom. The number of carbonyl (C=O) groups is 3.